The van der Waals surface area contributed by atoms with E-state index in [-0.39, 0.29) is 32.0 Å². The van der Waals surface area contributed by atoms with Gasteiger partial charge in [-0.25, -0.2) is 4.57 Å². The van der Waals surface area contributed by atoms with E-state index in [1.165, 1.54) is 89.9 Å². The third-order valence-electron chi connectivity index (χ3n) is 9.46. The van der Waals surface area contributed by atoms with Gasteiger partial charge in [-0.2, -0.15) is 0 Å². The summed E-state index contributed by atoms with van der Waals surface area (Å²) >= 11 is 0. The summed E-state index contributed by atoms with van der Waals surface area (Å²) in [5.41, 5.74) is 0. The minimum absolute atomic E-state index is 0.00521. The fraction of sp³-hybridized carbons (Fsp3) is 0.822. The highest BCUT2D eigenvalue weighted by Crippen LogP contribution is 2.43. The van der Waals surface area contributed by atoms with E-state index in [0.29, 0.717) is 13.0 Å². The van der Waals surface area contributed by atoms with Gasteiger partial charge in [0.2, 0.25) is 0 Å². The van der Waals surface area contributed by atoms with Crippen LogP contribution in [0, 0.1) is 0 Å². The van der Waals surface area contributed by atoms with Gasteiger partial charge >= 0.3 is 19.8 Å². The van der Waals surface area contributed by atoms with Crippen molar-refractivity contribution in [2.45, 2.75) is 200 Å². The summed E-state index contributed by atoms with van der Waals surface area (Å²) in [5.74, 6) is -0.817. The summed E-state index contributed by atoms with van der Waals surface area (Å²) in [5, 5.41) is 0. The van der Waals surface area contributed by atoms with Crippen molar-refractivity contribution in [1.82, 2.24) is 4.90 Å². The fourth-order valence-electron chi connectivity index (χ4n) is 6.06. The van der Waals surface area contributed by atoms with Crippen LogP contribution in [0.4, 0.5) is 0 Å². The van der Waals surface area contributed by atoms with Crippen molar-refractivity contribution < 1.29 is 37.6 Å². The number of hydrogen-bond donors (Lipinski definition) is 1. The van der Waals surface area contributed by atoms with Gasteiger partial charge in [-0.3, -0.25) is 18.6 Å². The molecule has 0 rings (SSSR count). The molecule has 0 amide bonds. The lowest BCUT2D eigenvalue weighted by molar-refractivity contribution is -0.161. The van der Waals surface area contributed by atoms with Crippen molar-refractivity contribution in [3.05, 3.63) is 36.5 Å². The van der Waals surface area contributed by atoms with Crippen molar-refractivity contribution in [3.63, 3.8) is 0 Å². The molecule has 0 aromatic carbocycles. The van der Waals surface area contributed by atoms with Gasteiger partial charge in [0.05, 0.1) is 13.2 Å². The molecule has 0 fully saturated rings. The monoisotopic (exact) mass is 798 g/mol. The normalized spacial score (nSPS) is 13.7. The lowest BCUT2D eigenvalue weighted by atomic mass is 10.0. The molecule has 0 radical (unpaired) electrons. The number of likely N-dealkylation sites (N-methyl/N-ethyl adjacent to an activating group) is 1. The SMILES string of the molecule is CC/C=C\C/C=C\C/C=C\CCCCCCCC(=O)OCC(COP(=O)(O)OCCN(C)C)OC(=O)CCCCCCCCCCCCCCCCCCC. The molecule has 0 spiro atoms. The Balaban J connectivity index is 4.28. The number of phosphoric ester groups is 1. The first-order chi connectivity index (χ1) is 26.7. The summed E-state index contributed by atoms with van der Waals surface area (Å²) in [6, 6.07) is 0. The highest BCUT2D eigenvalue weighted by atomic mass is 31.2. The molecule has 9 nitrogen and oxygen atoms in total. The van der Waals surface area contributed by atoms with Crippen molar-refractivity contribution in [2.75, 3.05) is 40.5 Å². The van der Waals surface area contributed by atoms with Crippen LogP contribution in [0.1, 0.15) is 194 Å². The number of carbonyl (C=O) groups is 2. The smallest absolute Gasteiger partial charge is 0.462 e. The number of phosphoric acid groups is 1. The van der Waals surface area contributed by atoms with Gasteiger partial charge in [0.15, 0.2) is 6.10 Å². The number of esters is 2. The third kappa shape index (κ3) is 41.7. The summed E-state index contributed by atoms with van der Waals surface area (Å²) in [4.78, 5) is 37.0. The van der Waals surface area contributed by atoms with Crippen LogP contribution in [-0.2, 0) is 32.7 Å². The lowest BCUT2D eigenvalue weighted by Crippen LogP contribution is -2.29. The molecule has 0 aromatic heterocycles. The molecule has 322 valence electrons. The summed E-state index contributed by atoms with van der Waals surface area (Å²) < 4.78 is 33.5. The minimum Gasteiger partial charge on any atom is -0.462 e. The van der Waals surface area contributed by atoms with E-state index in [4.69, 9.17) is 18.5 Å². The molecule has 0 aliphatic heterocycles. The average Bonchev–Trinajstić information content (AvgIpc) is 3.15. The number of hydrogen-bond acceptors (Lipinski definition) is 8. The molecule has 0 heterocycles. The van der Waals surface area contributed by atoms with Gasteiger partial charge in [0.1, 0.15) is 6.61 Å². The van der Waals surface area contributed by atoms with Gasteiger partial charge in [0.25, 0.3) is 0 Å². The van der Waals surface area contributed by atoms with E-state index in [1.807, 2.05) is 19.0 Å². The Morgan fingerprint density at radius 3 is 1.55 bits per heavy atom. The van der Waals surface area contributed by atoms with Crippen molar-refractivity contribution in [2.24, 2.45) is 0 Å². The highest BCUT2D eigenvalue weighted by molar-refractivity contribution is 7.47. The third-order valence-corrected chi connectivity index (χ3v) is 10.4. The zero-order valence-electron chi connectivity index (χ0n) is 35.9. The highest BCUT2D eigenvalue weighted by Gasteiger charge is 2.26. The van der Waals surface area contributed by atoms with Crippen LogP contribution in [0.2, 0.25) is 0 Å². The predicted molar refractivity (Wildman–Crippen MR) is 229 cm³/mol. The molecular formula is C45H84NO8P. The number of allylic oxidation sites excluding steroid dienone is 6. The molecule has 0 saturated carbocycles. The topological polar surface area (TPSA) is 112 Å². The molecule has 1 N–H and O–H groups in total. The lowest BCUT2D eigenvalue weighted by Gasteiger charge is -2.20. The minimum atomic E-state index is -4.36. The maximum atomic E-state index is 12.7. The Hall–Kier alpha value is -1.77. The van der Waals surface area contributed by atoms with Crippen LogP contribution in [0.25, 0.3) is 0 Å². The largest absolute Gasteiger partial charge is 0.472 e. The summed E-state index contributed by atoms with van der Waals surface area (Å²) in [7, 11) is -0.716. The Bertz CT molecular complexity index is 1010. The second kappa shape index (κ2) is 40.4. The quantitative estimate of drug-likeness (QED) is 0.0280. The van der Waals surface area contributed by atoms with E-state index >= 15 is 0 Å². The van der Waals surface area contributed by atoms with Crippen molar-refractivity contribution >= 4 is 19.8 Å². The van der Waals surface area contributed by atoms with Crippen LogP contribution < -0.4 is 0 Å². The van der Waals surface area contributed by atoms with E-state index in [9.17, 15) is 19.0 Å². The summed E-state index contributed by atoms with van der Waals surface area (Å²) in [6.45, 7) is 4.21. The van der Waals surface area contributed by atoms with E-state index < -0.39 is 26.5 Å². The first kappa shape index (κ1) is 53.2. The molecule has 55 heavy (non-hydrogen) atoms. The number of rotatable bonds is 41. The van der Waals surface area contributed by atoms with Crippen LogP contribution in [-0.4, -0.2) is 68.3 Å². The standard InChI is InChI=1S/C45H84NO8P/c1-5-7-9-11-13-15-17-19-21-22-24-26-28-30-32-34-36-38-45(48)54-43(42-53-55(49,50)52-40-39-46(3)4)41-51-44(47)37-35-33-31-29-27-25-23-20-18-16-14-12-10-8-6-2/h8,10,14,16,20,23,43H,5-7,9,11-13,15,17-19,21-22,24-42H2,1-4H3,(H,49,50)/b10-8-,16-14-,23-20-. The molecule has 0 aliphatic rings. The Morgan fingerprint density at radius 1 is 0.582 bits per heavy atom. The predicted octanol–water partition coefficient (Wildman–Crippen LogP) is 12.8. The molecular weight excluding hydrogens is 713 g/mol. The van der Waals surface area contributed by atoms with Gasteiger partial charge in [0, 0.05) is 19.4 Å². The van der Waals surface area contributed by atoms with Gasteiger partial charge in [-0.15, -0.1) is 0 Å². The maximum Gasteiger partial charge on any atom is 0.472 e. The maximum absolute atomic E-state index is 12.7. The van der Waals surface area contributed by atoms with E-state index in [2.05, 4.69) is 50.3 Å². The van der Waals surface area contributed by atoms with Crippen LogP contribution >= 0.6 is 7.82 Å². The number of nitrogens with zero attached hydrogens (tertiary/aromatic N) is 1. The number of unbranched alkanes of at least 4 members (excludes halogenated alkanes) is 21. The first-order valence-corrected chi connectivity index (χ1v) is 23.8. The zero-order valence-corrected chi connectivity index (χ0v) is 36.8. The number of carbonyl (C=O) groups excluding carboxylic acids is 2. The first-order valence-electron chi connectivity index (χ1n) is 22.3. The van der Waals surface area contributed by atoms with Gasteiger partial charge in [-0.05, 0) is 59.0 Å². The van der Waals surface area contributed by atoms with Gasteiger partial charge in [-0.1, -0.05) is 172 Å². The zero-order chi connectivity index (χ0) is 40.5. The molecule has 10 heteroatoms. The van der Waals surface area contributed by atoms with E-state index in [1.54, 1.807) is 0 Å². The fourth-order valence-corrected chi connectivity index (χ4v) is 6.80. The van der Waals surface area contributed by atoms with Crippen LogP contribution in [0.3, 0.4) is 0 Å². The molecule has 0 saturated heterocycles. The van der Waals surface area contributed by atoms with E-state index in [0.717, 1.165) is 70.6 Å². The molecule has 2 atom stereocenters. The number of ether oxygens (including phenoxy) is 2. The second-order valence-electron chi connectivity index (χ2n) is 15.2. The van der Waals surface area contributed by atoms with Crippen molar-refractivity contribution in [1.29, 1.82) is 0 Å². The Kier molecular flexibility index (Phi) is 39.1. The Labute approximate surface area is 338 Å². The molecule has 0 aliphatic carbocycles. The summed E-state index contributed by atoms with van der Waals surface area (Å²) in [6.07, 6.45) is 43.3. The second-order valence-corrected chi connectivity index (χ2v) is 16.7. The Morgan fingerprint density at radius 2 is 1.04 bits per heavy atom. The van der Waals surface area contributed by atoms with Crippen LogP contribution in [0.5, 0.6) is 0 Å². The molecule has 2 unspecified atom stereocenters. The van der Waals surface area contributed by atoms with Crippen molar-refractivity contribution in [3.8, 4) is 0 Å². The van der Waals surface area contributed by atoms with Gasteiger partial charge < -0.3 is 19.3 Å². The average molecular weight is 798 g/mol. The molecule has 0 bridgehead atoms. The molecule has 0 aromatic rings. The van der Waals surface area contributed by atoms with Crippen LogP contribution in [0.15, 0.2) is 36.5 Å².